The van der Waals surface area contributed by atoms with Crippen molar-refractivity contribution in [3.63, 3.8) is 0 Å². The Balaban J connectivity index is 1.87. The molecule has 2 heterocycles. The van der Waals surface area contributed by atoms with Crippen LogP contribution in [0.25, 0.3) is 6.08 Å². The van der Waals surface area contributed by atoms with Crippen molar-refractivity contribution in [3.8, 4) is 11.5 Å². The second-order valence-electron chi connectivity index (χ2n) is 7.64. The summed E-state index contributed by atoms with van der Waals surface area (Å²) in [7, 11) is 1.54. The maximum atomic E-state index is 13.6. The zero-order chi connectivity index (χ0) is 26.0. The van der Waals surface area contributed by atoms with Gasteiger partial charge in [-0.05, 0) is 71.2 Å². The number of hydrogen-bond donors (Lipinski definition) is 0. The van der Waals surface area contributed by atoms with Gasteiger partial charge < -0.3 is 14.2 Å². The second-order valence-corrected chi connectivity index (χ2v) is 9.51. The quantitative estimate of drug-likeness (QED) is 0.393. The van der Waals surface area contributed by atoms with Crippen molar-refractivity contribution in [3.05, 3.63) is 89.0 Å². The van der Waals surface area contributed by atoms with Gasteiger partial charge in [0.15, 0.2) is 4.80 Å². The molecule has 0 amide bonds. The summed E-state index contributed by atoms with van der Waals surface area (Å²) in [6, 6.07) is 10.5. The smallest absolute Gasteiger partial charge is 0.387 e. The molecule has 36 heavy (non-hydrogen) atoms. The van der Waals surface area contributed by atoms with Crippen LogP contribution < -0.4 is 24.4 Å². The van der Waals surface area contributed by atoms with E-state index in [-0.39, 0.29) is 23.5 Å². The van der Waals surface area contributed by atoms with E-state index in [1.807, 2.05) is 0 Å². The Bertz CT molecular complexity index is 1510. The Hall–Kier alpha value is -3.31. The number of thiazole rings is 1. The maximum Gasteiger partial charge on any atom is 0.387 e. The van der Waals surface area contributed by atoms with Crippen LogP contribution in [0.4, 0.5) is 8.78 Å². The van der Waals surface area contributed by atoms with Gasteiger partial charge in [0, 0.05) is 0 Å². The van der Waals surface area contributed by atoms with Gasteiger partial charge in [-0.25, -0.2) is 9.79 Å². The number of allylic oxidation sites excluding steroid dienone is 1. The van der Waals surface area contributed by atoms with Crippen LogP contribution in [0.3, 0.4) is 0 Å². The summed E-state index contributed by atoms with van der Waals surface area (Å²) in [4.78, 5) is 31.5. The normalized spacial score (nSPS) is 15.5. The van der Waals surface area contributed by atoms with Gasteiger partial charge in [0.2, 0.25) is 0 Å². The topological polar surface area (TPSA) is 79.1 Å². The molecule has 0 saturated carbocycles. The number of carbonyl (C=O) groups excluding carboxylic acids is 1. The van der Waals surface area contributed by atoms with E-state index in [9.17, 15) is 18.4 Å². The molecule has 0 unspecified atom stereocenters. The molecule has 3 aromatic rings. The molecule has 11 heteroatoms. The van der Waals surface area contributed by atoms with E-state index in [0.717, 1.165) is 0 Å². The molecule has 7 nitrogen and oxygen atoms in total. The Morgan fingerprint density at radius 2 is 1.97 bits per heavy atom. The predicted octanol–water partition coefficient (Wildman–Crippen LogP) is 4.17. The fourth-order valence-corrected chi connectivity index (χ4v) is 5.46. The highest BCUT2D eigenvalue weighted by Crippen LogP contribution is 2.35. The molecule has 4 rings (SSSR count). The highest BCUT2D eigenvalue weighted by atomic mass is 79.9. The third-order valence-electron chi connectivity index (χ3n) is 5.41. The first-order valence-electron chi connectivity index (χ1n) is 10.8. The van der Waals surface area contributed by atoms with E-state index in [4.69, 9.17) is 9.47 Å². The molecule has 0 spiro atoms. The first-order valence-corrected chi connectivity index (χ1v) is 12.4. The van der Waals surface area contributed by atoms with Crippen molar-refractivity contribution < 1.29 is 27.8 Å². The SMILES string of the molecule is CCOC(=O)C1=C(C)N=c2s/c(=C/c3ccc(OC(F)F)cc3)c(=O)n2[C@H]1c1ccc(OC)c(Br)c1. The Morgan fingerprint density at radius 1 is 1.25 bits per heavy atom. The van der Waals surface area contributed by atoms with Gasteiger partial charge in [-0.1, -0.05) is 29.5 Å². The van der Waals surface area contributed by atoms with Crippen molar-refractivity contribution in [1.29, 1.82) is 0 Å². The third kappa shape index (κ3) is 5.12. The zero-order valence-electron chi connectivity index (χ0n) is 19.5. The fraction of sp³-hybridized carbons (Fsp3) is 0.240. The molecule has 1 aliphatic rings. The summed E-state index contributed by atoms with van der Waals surface area (Å²) < 4.78 is 42.4. The number of rotatable bonds is 7. The van der Waals surface area contributed by atoms with Gasteiger partial charge >= 0.3 is 12.6 Å². The number of ether oxygens (including phenoxy) is 3. The highest BCUT2D eigenvalue weighted by Gasteiger charge is 2.33. The Kier molecular flexibility index (Phi) is 7.70. The molecular weight excluding hydrogens is 558 g/mol. The number of benzene rings is 2. The molecule has 0 fully saturated rings. The van der Waals surface area contributed by atoms with E-state index in [1.54, 1.807) is 57.4 Å². The van der Waals surface area contributed by atoms with Crippen LogP contribution in [0, 0.1) is 0 Å². The summed E-state index contributed by atoms with van der Waals surface area (Å²) >= 11 is 4.64. The molecule has 1 atom stereocenters. The number of carbonyl (C=O) groups is 1. The number of methoxy groups -OCH3 is 1. The lowest BCUT2D eigenvalue weighted by Gasteiger charge is -2.25. The summed E-state index contributed by atoms with van der Waals surface area (Å²) in [5.74, 6) is 0.0618. The maximum absolute atomic E-state index is 13.6. The third-order valence-corrected chi connectivity index (χ3v) is 7.01. The van der Waals surface area contributed by atoms with Crippen LogP contribution in [0.2, 0.25) is 0 Å². The number of aromatic nitrogens is 1. The molecule has 0 radical (unpaired) electrons. The van der Waals surface area contributed by atoms with Gasteiger partial charge in [-0.3, -0.25) is 9.36 Å². The monoisotopic (exact) mass is 578 g/mol. The second kappa shape index (κ2) is 10.8. The molecule has 0 saturated heterocycles. The first-order chi connectivity index (χ1) is 17.2. The Morgan fingerprint density at radius 3 is 2.58 bits per heavy atom. The van der Waals surface area contributed by atoms with Crippen molar-refractivity contribution in [2.45, 2.75) is 26.5 Å². The van der Waals surface area contributed by atoms with Crippen LogP contribution in [-0.4, -0.2) is 30.9 Å². The minimum Gasteiger partial charge on any atom is -0.496 e. The van der Waals surface area contributed by atoms with E-state index >= 15 is 0 Å². The first kappa shape index (κ1) is 25.8. The minimum absolute atomic E-state index is 0.0170. The molecule has 0 aliphatic carbocycles. The van der Waals surface area contributed by atoms with Crippen molar-refractivity contribution >= 4 is 39.3 Å². The number of alkyl halides is 2. The van der Waals surface area contributed by atoms with Gasteiger partial charge in [-0.15, -0.1) is 0 Å². The van der Waals surface area contributed by atoms with Crippen molar-refractivity contribution in [2.75, 3.05) is 13.7 Å². The lowest BCUT2D eigenvalue weighted by Crippen LogP contribution is -2.39. The van der Waals surface area contributed by atoms with E-state index in [1.165, 1.54) is 28.0 Å². The Labute approximate surface area is 217 Å². The zero-order valence-corrected chi connectivity index (χ0v) is 21.9. The summed E-state index contributed by atoms with van der Waals surface area (Å²) in [6.45, 7) is 0.662. The fourth-order valence-electron chi connectivity index (χ4n) is 3.86. The lowest BCUT2D eigenvalue weighted by molar-refractivity contribution is -0.139. The number of nitrogens with zero attached hydrogens (tertiary/aromatic N) is 2. The van der Waals surface area contributed by atoms with Crippen LogP contribution in [0.1, 0.15) is 31.0 Å². The summed E-state index contributed by atoms with van der Waals surface area (Å²) in [6.07, 6.45) is 1.64. The molecule has 0 bridgehead atoms. The van der Waals surface area contributed by atoms with Gasteiger partial charge in [0.1, 0.15) is 11.5 Å². The van der Waals surface area contributed by atoms with Crippen LogP contribution in [0.15, 0.2) is 68.0 Å². The number of halogens is 3. The molecular formula is C25H21BrF2N2O5S. The molecule has 1 aromatic heterocycles. The predicted molar refractivity (Wildman–Crippen MR) is 134 cm³/mol. The van der Waals surface area contributed by atoms with Crippen LogP contribution in [-0.2, 0) is 9.53 Å². The van der Waals surface area contributed by atoms with E-state index < -0.39 is 18.6 Å². The van der Waals surface area contributed by atoms with Crippen molar-refractivity contribution in [1.82, 2.24) is 4.57 Å². The highest BCUT2D eigenvalue weighted by molar-refractivity contribution is 9.10. The van der Waals surface area contributed by atoms with Crippen molar-refractivity contribution in [2.24, 2.45) is 4.99 Å². The average molecular weight is 579 g/mol. The molecule has 2 aromatic carbocycles. The van der Waals surface area contributed by atoms with Crippen LogP contribution in [0.5, 0.6) is 11.5 Å². The number of hydrogen-bond acceptors (Lipinski definition) is 7. The molecule has 188 valence electrons. The number of esters is 1. The minimum atomic E-state index is -2.92. The van der Waals surface area contributed by atoms with Gasteiger partial charge in [0.05, 0.1) is 40.0 Å². The summed E-state index contributed by atoms with van der Waals surface area (Å²) in [5, 5.41) is 0. The van der Waals surface area contributed by atoms with E-state index in [0.29, 0.717) is 36.4 Å². The number of fused-ring (bicyclic) bond motifs is 1. The molecule has 1 aliphatic heterocycles. The van der Waals surface area contributed by atoms with E-state index in [2.05, 4.69) is 25.7 Å². The largest absolute Gasteiger partial charge is 0.496 e. The standard InChI is InChI=1S/C25H21BrF2N2O5S/c1-4-34-23(32)20-13(2)29-25-30(21(20)15-7-10-18(33-3)17(26)12-15)22(31)19(36-25)11-14-5-8-16(9-6-14)35-24(27)28/h5-12,21,24H,4H2,1-3H3/b19-11+/t21-/m0/s1. The molecule has 0 N–H and O–H groups in total. The lowest BCUT2D eigenvalue weighted by atomic mass is 9.96. The average Bonchev–Trinajstić information content (AvgIpc) is 3.13. The van der Waals surface area contributed by atoms with Gasteiger partial charge in [0.25, 0.3) is 5.56 Å². The van der Waals surface area contributed by atoms with Crippen LogP contribution >= 0.6 is 27.3 Å². The van der Waals surface area contributed by atoms with Gasteiger partial charge in [-0.2, -0.15) is 8.78 Å². The summed E-state index contributed by atoms with van der Waals surface area (Å²) in [5.41, 5.74) is 1.65.